The van der Waals surface area contributed by atoms with Crippen LogP contribution in [0.25, 0.3) is 6.08 Å². The molecule has 0 aromatic carbocycles. The molecule has 0 radical (unpaired) electrons. The Labute approximate surface area is 87.5 Å². The predicted octanol–water partition coefficient (Wildman–Crippen LogP) is 2.72. The van der Waals surface area contributed by atoms with Gasteiger partial charge in [0.05, 0.1) is 5.88 Å². The number of nitrogens with one attached hydrogen (secondary N) is 1. The minimum Gasteiger partial charge on any atom is -0.382 e. The zero-order valence-corrected chi connectivity index (χ0v) is 9.54. The van der Waals surface area contributed by atoms with Gasteiger partial charge in [-0.3, -0.25) is 0 Å². The summed E-state index contributed by atoms with van der Waals surface area (Å²) in [6.45, 7) is 4.16. The average Bonchev–Trinajstić information content (AvgIpc) is 2.51. The third-order valence-corrected chi connectivity index (χ3v) is 3.08. The minimum absolute atomic E-state index is 0.970. The van der Waals surface area contributed by atoms with Crippen LogP contribution in [0.15, 0.2) is 11.6 Å². The van der Waals surface area contributed by atoms with E-state index in [1.807, 2.05) is 31.0 Å². The van der Waals surface area contributed by atoms with Crippen molar-refractivity contribution in [2.75, 3.05) is 11.6 Å². The fourth-order valence-corrected chi connectivity index (χ4v) is 1.89. The lowest BCUT2D eigenvalue weighted by molar-refractivity contribution is 1.07. The SMILES string of the molecule is CCSCN/C=C/c1nc(C)cs1. The number of nitrogens with zero attached hydrogens (tertiary/aromatic N) is 1. The van der Waals surface area contributed by atoms with Crippen molar-refractivity contribution >= 4 is 29.2 Å². The Kier molecular flexibility index (Phi) is 4.93. The van der Waals surface area contributed by atoms with Crippen LogP contribution < -0.4 is 5.32 Å². The second kappa shape index (κ2) is 6.05. The molecule has 0 bridgehead atoms. The van der Waals surface area contributed by atoms with Gasteiger partial charge in [-0.1, -0.05) is 6.92 Å². The van der Waals surface area contributed by atoms with Gasteiger partial charge in [0.2, 0.25) is 0 Å². The summed E-state index contributed by atoms with van der Waals surface area (Å²) >= 11 is 3.54. The van der Waals surface area contributed by atoms with Crippen molar-refractivity contribution in [1.82, 2.24) is 10.3 Å². The van der Waals surface area contributed by atoms with Gasteiger partial charge in [0.25, 0.3) is 0 Å². The maximum absolute atomic E-state index is 4.31. The number of rotatable bonds is 5. The fourth-order valence-electron chi connectivity index (χ4n) is 0.788. The van der Waals surface area contributed by atoms with Crippen LogP contribution >= 0.6 is 23.1 Å². The van der Waals surface area contributed by atoms with E-state index in [2.05, 4.69) is 22.6 Å². The van der Waals surface area contributed by atoms with Crippen LogP contribution in [0.5, 0.6) is 0 Å². The van der Waals surface area contributed by atoms with Gasteiger partial charge in [-0.25, -0.2) is 4.98 Å². The Morgan fingerprint density at radius 3 is 3.15 bits per heavy atom. The quantitative estimate of drug-likeness (QED) is 0.602. The van der Waals surface area contributed by atoms with Gasteiger partial charge >= 0.3 is 0 Å². The van der Waals surface area contributed by atoms with Crippen molar-refractivity contribution in [3.63, 3.8) is 0 Å². The summed E-state index contributed by atoms with van der Waals surface area (Å²) < 4.78 is 0. The molecule has 0 aliphatic carbocycles. The molecular formula is C9H14N2S2. The Hall–Kier alpha value is -0.480. The van der Waals surface area contributed by atoms with Crippen molar-refractivity contribution in [3.8, 4) is 0 Å². The summed E-state index contributed by atoms with van der Waals surface area (Å²) in [7, 11) is 0. The zero-order chi connectivity index (χ0) is 9.52. The van der Waals surface area contributed by atoms with E-state index in [0.29, 0.717) is 0 Å². The van der Waals surface area contributed by atoms with Crippen LogP contribution in [0, 0.1) is 6.92 Å². The molecule has 2 nitrogen and oxygen atoms in total. The van der Waals surface area contributed by atoms with Crippen molar-refractivity contribution in [2.24, 2.45) is 0 Å². The van der Waals surface area contributed by atoms with Crippen LogP contribution in [0.1, 0.15) is 17.6 Å². The summed E-state index contributed by atoms with van der Waals surface area (Å²) in [5.74, 6) is 2.12. The highest BCUT2D eigenvalue weighted by Crippen LogP contribution is 2.09. The molecule has 0 saturated heterocycles. The smallest absolute Gasteiger partial charge is 0.117 e. The monoisotopic (exact) mass is 214 g/mol. The lowest BCUT2D eigenvalue weighted by atomic mass is 10.5. The van der Waals surface area contributed by atoms with Crippen LogP contribution in [0.4, 0.5) is 0 Å². The molecule has 0 aliphatic heterocycles. The van der Waals surface area contributed by atoms with Crippen molar-refractivity contribution < 1.29 is 0 Å². The summed E-state index contributed by atoms with van der Waals surface area (Å²) in [4.78, 5) is 4.31. The number of hydrogen-bond donors (Lipinski definition) is 1. The van der Waals surface area contributed by atoms with E-state index >= 15 is 0 Å². The van der Waals surface area contributed by atoms with Gasteiger partial charge in [0, 0.05) is 17.3 Å². The molecule has 13 heavy (non-hydrogen) atoms. The Morgan fingerprint density at radius 2 is 2.54 bits per heavy atom. The molecule has 0 atom stereocenters. The van der Waals surface area contributed by atoms with Crippen LogP contribution in [0.2, 0.25) is 0 Å². The van der Waals surface area contributed by atoms with Gasteiger partial charge in [-0.05, 0) is 18.8 Å². The van der Waals surface area contributed by atoms with E-state index in [1.165, 1.54) is 0 Å². The highest BCUT2D eigenvalue weighted by molar-refractivity contribution is 7.99. The maximum Gasteiger partial charge on any atom is 0.117 e. The molecule has 0 spiro atoms. The molecule has 0 amide bonds. The first-order chi connectivity index (χ1) is 6.33. The molecule has 1 rings (SSSR count). The van der Waals surface area contributed by atoms with Gasteiger partial charge in [0.15, 0.2) is 0 Å². The number of aromatic nitrogens is 1. The predicted molar refractivity (Wildman–Crippen MR) is 62.0 cm³/mol. The highest BCUT2D eigenvalue weighted by Gasteiger charge is 1.91. The number of hydrogen-bond acceptors (Lipinski definition) is 4. The normalized spacial score (nSPS) is 10.9. The molecule has 0 aliphatic rings. The van der Waals surface area contributed by atoms with E-state index in [4.69, 9.17) is 0 Å². The molecule has 72 valence electrons. The Morgan fingerprint density at radius 1 is 1.69 bits per heavy atom. The second-order valence-corrected chi connectivity index (χ2v) is 4.67. The number of thioether (sulfide) groups is 1. The lowest BCUT2D eigenvalue weighted by Crippen LogP contribution is -2.02. The third kappa shape index (κ3) is 4.33. The topological polar surface area (TPSA) is 24.9 Å². The highest BCUT2D eigenvalue weighted by atomic mass is 32.2. The summed E-state index contributed by atoms with van der Waals surface area (Å²) in [6, 6.07) is 0. The van der Waals surface area contributed by atoms with Gasteiger partial charge in [0.1, 0.15) is 5.01 Å². The number of thiazole rings is 1. The minimum atomic E-state index is 0.970. The molecule has 1 aromatic rings. The first-order valence-electron chi connectivity index (χ1n) is 4.22. The summed E-state index contributed by atoms with van der Waals surface area (Å²) in [5, 5.41) is 6.31. The van der Waals surface area contributed by atoms with E-state index in [1.54, 1.807) is 11.3 Å². The first kappa shape index (κ1) is 10.6. The Balaban J connectivity index is 2.24. The maximum atomic E-state index is 4.31. The van der Waals surface area contributed by atoms with E-state index < -0.39 is 0 Å². The third-order valence-electron chi connectivity index (χ3n) is 1.37. The molecule has 0 fully saturated rings. The van der Waals surface area contributed by atoms with Crippen molar-refractivity contribution in [1.29, 1.82) is 0 Å². The van der Waals surface area contributed by atoms with Crippen LogP contribution in [-0.2, 0) is 0 Å². The van der Waals surface area contributed by atoms with Gasteiger partial charge in [-0.2, -0.15) is 0 Å². The molecule has 0 saturated carbocycles. The summed E-state index contributed by atoms with van der Waals surface area (Å²) in [5.41, 5.74) is 1.09. The first-order valence-corrected chi connectivity index (χ1v) is 6.26. The fraction of sp³-hybridized carbons (Fsp3) is 0.444. The largest absolute Gasteiger partial charge is 0.382 e. The molecule has 0 unspecified atom stereocenters. The van der Waals surface area contributed by atoms with E-state index in [-0.39, 0.29) is 0 Å². The zero-order valence-electron chi connectivity index (χ0n) is 7.91. The molecule has 1 heterocycles. The lowest BCUT2D eigenvalue weighted by Gasteiger charge is -1.95. The second-order valence-electron chi connectivity index (χ2n) is 2.50. The molecular weight excluding hydrogens is 200 g/mol. The van der Waals surface area contributed by atoms with Crippen LogP contribution in [0.3, 0.4) is 0 Å². The van der Waals surface area contributed by atoms with E-state index in [9.17, 15) is 0 Å². The van der Waals surface area contributed by atoms with Crippen LogP contribution in [-0.4, -0.2) is 16.6 Å². The van der Waals surface area contributed by atoms with Gasteiger partial charge in [-0.15, -0.1) is 23.1 Å². The van der Waals surface area contributed by atoms with E-state index in [0.717, 1.165) is 22.3 Å². The molecule has 1 aromatic heterocycles. The Bertz CT molecular complexity index is 268. The van der Waals surface area contributed by atoms with Crippen molar-refractivity contribution in [3.05, 3.63) is 22.3 Å². The number of aryl methyl sites for hydroxylation is 1. The van der Waals surface area contributed by atoms with Crippen molar-refractivity contribution in [2.45, 2.75) is 13.8 Å². The average molecular weight is 214 g/mol. The summed E-state index contributed by atoms with van der Waals surface area (Å²) in [6.07, 6.45) is 3.97. The van der Waals surface area contributed by atoms with Gasteiger partial charge < -0.3 is 5.32 Å². The molecule has 4 heteroatoms. The molecule has 1 N–H and O–H groups in total. The standard InChI is InChI=1S/C9H14N2S2/c1-3-12-7-10-5-4-9-11-8(2)6-13-9/h4-6,10H,3,7H2,1-2H3/b5-4+.